The third-order valence-electron chi connectivity index (χ3n) is 11.2. The number of anilines is 1. The molecule has 2 aromatic heterocycles. The molecule has 4 heterocycles. The molecule has 3 aromatic carbocycles. The van der Waals surface area contributed by atoms with Crippen molar-refractivity contribution in [2.24, 2.45) is 13.0 Å². The fraction of sp³-hybridized carbons (Fsp3) is 0.300. The van der Waals surface area contributed by atoms with Crippen LogP contribution >= 0.6 is 23.2 Å². The van der Waals surface area contributed by atoms with Crippen LogP contribution in [0.3, 0.4) is 0 Å². The Bertz CT molecular complexity index is 2810. The highest BCUT2D eigenvalue weighted by Gasteiger charge is 2.75. The van der Waals surface area contributed by atoms with E-state index in [2.05, 4.69) is 4.98 Å². The second-order valence-electron chi connectivity index (χ2n) is 14.1. The number of hydrogen-bond acceptors (Lipinski definition) is 10. The van der Waals surface area contributed by atoms with Crippen LogP contribution in [-0.4, -0.2) is 71.5 Å². The Morgan fingerprint density at radius 3 is 2.29 bits per heavy atom. The second kappa shape index (κ2) is 14.1. The van der Waals surface area contributed by atoms with Gasteiger partial charge in [-0.3, -0.25) is 14.4 Å². The molecule has 18 heteroatoms. The third-order valence-corrected chi connectivity index (χ3v) is 12.6. The Balaban J connectivity index is 1.21. The number of imide groups is 1. The van der Waals surface area contributed by atoms with Gasteiger partial charge < -0.3 is 23.9 Å². The average molecular weight is 834 g/mol. The number of aryl methyl sites for hydroxylation is 2. The number of allylic oxidation sites excluding steroid dienone is 3. The number of benzene rings is 3. The molecule has 0 spiro atoms. The summed E-state index contributed by atoms with van der Waals surface area (Å²) < 4.78 is 34.8. The van der Waals surface area contributed by atoms with Crippen molar-refractivity contribution in [2.75, 3.05) is 26.2 Å². The zero-order chi connectivity index (χ0) is 41.4. The van der Waals surface area contributed by atoms with Crippen LogP contribution in [0.5, 0.6) is 23.0 Å². The minimum Gasteiger partial charge on any atom is -0.504 e. The second-order valence-corrected chi connectivity index (χ2v) is 15.4. The summed E-state index contributed by atoms with van der Waals surface area (Å²) in [5.74, 6) is -2.59. The number of carbonyl (C=O) groups is 2. The molecular formula is C40H35Cl2FN6O9. The van der Waals surface area contributed by atoms with Crippen molar-refractivity contribution in [3.63, 3.8) is 0 Å². The van der Waals surface area contributed by atoms with Crippen molar-refractivity contribution >= 4 is 57.8 Å². The predicted octanol–water partition coefficient (Wildman–Crippen LogP) is 3.91. The van der Waals surface area contributed by atoms with Crippen LogP contribution in [0.4, 0.5) is 10.1 Å². The summed E-state index contributed by atoms with van der Waals surface area (Å²) in [6, 6.07) is 11.5. The van der Waals surface area contributed by atoms with Crippen LogP contribution < -0.4 is 36.0 Å². The van der Waals surface area contributed by atoms with Gasteiger partial charge in [-0.1, -0.05) is 24.3 Å². The molecule has 0 bridgehead atoms. The van der Waals surface area contributed by atoms with Crippen molar-refractivity contribution in [1.29, 1.82) is 0 Å². The van der Waals surface area contributed by atoms with Gasteiger partial charge in [0.25, 0.3) is 17.4 Å². The highest BCUT2D eigenvalue weighted by molar-refractivity contribution is 6.57. The van der Waals surface area contributed by atoms with Gasteiger partial charge in [-0.15, -0.1) is 23.2 Å². The molecule has 8 rings (SSSR count). The third kappa shape index (κ3) is 5.60. The Morgan fingerprint density at radius 2 is 1.60 bits per heavy atom. The smallest absolute Gasteiger partial charge is 0.347 e. The molecule has 2 aliphatic heterocycles. The SMILES string of the molecule is COc1cc(C=C[C@H]2C3=CCn4c(=O)n(CCc5nc6cc(OC)c(OC)cc6n(C)c5=O)c(=O)n4[C@@H]3C[C@@]3(Cl)C(=O)N(c4ccc(F)cc4)C(=O)[C@@]23Cl)ccc1O. The number of amides is 2. The maximum absolute atomic E-state index is 14.5. The fourth-order valence-electron chi connectivity index (χ4n) is 8.24. The van der Waals surface area contributed by atoms with E-state index in [1.807, 2.05) is 0 Å². The molecule has 1 saturated heterocycles. The van der Waals surface area contributed by atoms with Crippen molar-refractivity contribution < 1.29 is 33.3 Å². The molecule has 300 valence electrons. The van der Waals surface area contributed by atoms with Gasteiger partial charge in [0, 0.05) is 44.5 Å². The molecule has 15 nitrogen and oxygen atoms in total. The van der Waals surface area contributed by atoms with Crippen LogP contribution in [0.25, 0.3) is 17.1 Å². The molecule has 2 fully saturated rings. The van der Waals surface area contributed by atoms with E-state index in [1.54, 1.807) is 49.5 Å². The summed E-state index contributed by atoms with van der Waals surface area (Å²) in [7, 11) is 5.91. The van der Waals surface area contributed by atoms with Crippen LogP contribution in [0.1, 0.15) is 23.7 Å². The lowest BCUT2D eigenvalue weighted by Crippen LogP contribution is -2.60. The fourth-order valence-corrected chi connectivity index (χ4v) is 9.11. The number of carbonyl (C=O) groups excluding carboxylic acids is 2. The van der Waals surface area contributed by atoms with E-state index in [1.165, 1.54) is 53.5 Å². The van der Waals surface area contributed by atoms with E-state index < -0.39 is 56.3 Å². The molecule has 0 unspecified atom stereocenters. The van der Waals surface area contributed by atoms with Crippen molar-refractivity contribution in [1.82, 2.24) is 23.5 Å². The van der Waals surface area contributed by atoms with Crippen LogP contribution in [0, 0.1) is 11.7 Å². The quantitative estimate of drug-likeness (QED) is 0.131. The van der Waals surface area contributed by atoms with E-state index in [0.29, 0.717) is 33.7 Å². The number of fused-ring (bicyclic) bond motifs is 5. The highest BCUT2D eigenvalue weighted by Crippen LogP contribution is 2.61. The van der Waals surface area contributed by atoms with Gasteiger partial charge in [-0.2, -0.15) is 0 Å². The number of hydrogen-bond donors (Lipinski definition) is 1. The van der Waals surface area contributed by atoms with Crippen LogP contribution in [0.2, 0.25) is 0 Å². The average Bonchev–Trinajstić information content (AvgIpc) is 3.55. The maximum Gasteiger partial charge on any atom is 0.347 e. The number of aromatic nitrogens is 5. The summed E-state index contributed by atoms with van der Waals surface area (Å²) in [4.78, 5) is 71.8. The number of phenolic OH excluding ortho intramolecular Hbond substituents is 1. The largest absolute Gasteiger partial charge is 0.504 e. The lowest BCUT2D eigenvalue weighted by Gasteiger charge is -2.47. The number of rotatable bonds is 9. The monoisotopic (exact) mass is 832 g/mol. The first kappa shape index (κ1) is 38.7. The van der Waals surface area contributed by atoms with Gasteiger partial charge in [0.1, 0.15) is 11.5 Å². The van der Waals surface area contributed by atoms with Gasteiger partial charge in [0.05, 0.1) is 50.6 Å². The Kier molecular flexibility index (Phi) is 9.39. The predicted molar refractivity (Wildman–Crippen MR) is 212 cm³/mol. The Hall–Kier alpha value is -6.13. The Labute approximate surface area is 338 Å². The molecule has 0 radical (unpaired) electrons. The molecule has 4 atom stereocenters. The molecule has 1 N–H and O–H groups in total. The summed E-state index contributed by atoms with van der Waals surface area (Å²) in [6.07, 6.45) is 4.43. The number of halogens is 3. The number of methoxy groups -OCH3 is 3. The summed E-state index contributed by atoms with van der Waals surface area (Å²) in [5.41, 5.74) is 0.167. The summed E-state index contributed by atoms with van der Waals surface area (Å²) >= 11 is 14.7. The first-order valence-electron chi connectivity index (χ1n) is 18.0. The normalized spacial score (nSPS) is 22.5. The van der Waals surface area contributed by atoms with E-state index in [0.717, 1.165) is 21.6 Å². The van der Waals surface area contributed by atoms with Crippen LogP contribution in [-0.2, 0) is 36.1 Å². The number of nitrogens with zero attached hydrogens (tertiary/aromatic N) is 6. The number of ether oxygens (including phenoxy) is 3. The first-order valence-corrected chi connectivity index (χ1v) is 18.7. The lowest BCUT2D eigenvalue weighted by molar-refractivity contribution is -0.122. The first-order chi connectivity index (χ1) is 27.7. The van der Waals surface area contributed by atoms with Gasteiger partial charge in [-0.25, -0.2) is 37.8 Å². The van der Waals surface area contributed by atoms with E-state index in [4.69, 9.17) is 37.4 Å². The Morgan fingerprint density at radius 1 is 0.914 bits per heavy atom. The highest BCUT2D eigenvalue weighted by atomic mass is 35.5. The zero-order valence-electron chi connectivity index (χ0n) is 31.4. The molecular weight excluding hydrogens is 798 g/mol. The van der Waals surface area contributed by atoms with Crippen molar-refractivity contribution in [3.05, 3.63) is 121 Å². The van der Waals surface area contributed by atoms with Gasteiger partial charge in [-0.05, 0) is 47.5 Å². The van der Waals surface area contributed by atoms with Gasteiger partial charge in [0.15, 0.2) is 32.7 Å². The minimum absolute atomic E-state index is 0.0417. The van der Waals surface area contributed by atoms with Crippen LogP contribution in [0.15, 0.2) is 86.7 Å². The zero-order valence-corrected chi connectivity index (χ0v) is 33.0. The van der Waals surface area contributed by atoms with E-state index >= 15 is 0 Å². The minimum atomic E-state index is -2.17. The summed E-state index contributed by atoms with van der Waals surface area (Å²) in [5, 5.41) is 10.2. The molecule has 5 aromatic rings. The number of aromatic hydroxyl groups is 1. The van der Waals surface area contributed by atoms with Gasteiger partial charge >= 0.3 is 11.4 Å². The van der Waals surface area contributed by atoms with E-state index in [-0.39, 0.29) is 48.8 Å². The summed E-state index contributed by atoms with van der Waals surface area (Å²) in [6.45, 7) is -0.324. The van der Waals surface area contributed by atoms with E-state index in [9.17, 15) is 33.5 Å². The topological polar surface area (TPSA) is 169 Å². The van der Waals surface area contributed by atoms with Crippen molar-refractivity contribution in [2.45, 2.75) is 41.7 Å². The molecule has 58 heavy (non-hydrogen) atoms. The van der Waals surface area contributed by atoms with Crippen molar-refractivity contribution in [3.8, 4) is 23.0 Å². The molecule has 1 saturated carbocycles. The molecule has 2 amide bonds. The lowest BCUT2D eigenvalue weighted by atomic mass is 9.66. The number of phenols is 1. The standard InChI is InChI=1S/C40H35Cl2FN6O9/c1-45-28-19-33(58-4)32(57-3)18-27(28)44-26(34(45)51)14-15-46-37(54)47-16-13-24-25(11-5-21-6-12-30(50)31(17-21)56-2)40(42)36(53)48(23-9-7-22(43)8-10-23)35(52)39(40,41)20-29(24)49(47)38(46)55/h5-13,17-19,25,29,50H,14-16,20H2,1-4H3/t25-,29+,39+,40-/m0/s1. The molecule has 3 aliphatic rings. The maximum atomic E-state index is 14.5. The van der Waals surface area contributed by atoms with Gasteiger partial charge in [0.2, 0.25) is 0 Å². The number of alkyl halides is 2. The molecule has 1 aliphatic carbocycles.